The van der Waals surface area contributed by atoms with E-state index in [1.165, 1.54) is 10.4 Å². The average molecular weight is 476 g/mol. The van der Waals surface area contributed by atoms with Crippen LogP contribution in [0.5, 0.6) is 0 Å². The van der Waals surface area contributed by atoms with Crippen molar-refractivity contribution in [2.45, 2.75) is 75.7 Å². The lowest BCUT2D eigenvalue weighted by atomic mass is 9.97. The minimum Gasteiger partial charge on any atom is -0.352 e. The number of halogens is 3. The van der Waals surface area contributed by atoms with E-state index in [1.54, 1.807) is 0 Å². The van der Waals surface area contributed by atoms with E-state index in [0.717, 1.165) is 31.4 Å². The van der Waals surface area contributed by atoms with Crippen LogP contribution in [0, 0.1) is 11.8 Å². The van der Waals surface area contributed by atoms with Gasteiger partial charge < -0.3 is 10.6 Å². The Morgan fingerprint density at radius 3 is 2.56 bits per heavy atom. The fourth-order valence-corrected chi connectivity index (χ4v) is 6.43. The number of nitrogens with one attached hydrogen (secondary N) is 2. The van der Waals surface area contributed by atoms with Gasteiger partial charge in [-0.1, -0.05) is 33.3 Å². The van der Waals surface area contributed by atoms with E-state index < -0.39 is 21.8 Å². The molecule has 4 atom stereocenters. The highest BCUT2D eigenvalue weighted by Gasteiger charge is 2.47. The van der Waals surface area contributed by atoms with Crippen LogP contribution >= 0.6 is 0 Å². The minimum atomic E-state index is -4.61. The molecule has 1 aliphatic carbocycles. The van der Waals surface area contributed by atoms with E-state index >= 15 is 0 Å². The van der Waals surface area contributed by atoms with Crippen molar-refractivity contribution in [1.29, 1.82) is 0 Å². The number of hydrogen-bond acceptors (Lipinski definition) is 4. The molecule has 0 bridgehead atoms. The molecular weight excluding hydrogens is 443 g/mol. The summed E-state index contributed by atoms with van der Waals surface area (Å²) in [4.78, 5) is 12.5. The van der Waals surface area contributed by atoms with Crippen LogP contribution in [-0.2, 0) is 21.0 Å². The second-order valence-electron chi connectivity index (χ2n) is 9.13. The molecule has 1 saturated heterocycles. The molecule has 0 radical (unpaired) electrons. The number of carbonyl (C=O) groups excluding carboxylic acids is 1. The quantitative estimate of drug-likeness (QED) is 0.604. The molecule has 10 heteroatoms. The molecule has 2 N–H and O–H groups in total. The van der Waals surface area contributed by atoms with Crippen LogP contribution in [-0.4, -0.2) is 49.8 Å². The van der Waals surface area contributed by atoms with Crippen molar-refractivity contribution in [1.82, 2.24) is 14.9 Å². The third-order valence-electron chi connectivity index (χ3n) is 6.38. The Labute approximate surface area is 188 Å². The van der Waals surface area contributed by atoms with E-state index in [-0.39, 0.29) is 53.9 Å². The van der Waals surface area contributed by atoms with Crippen LogP contribution in [0.1, 0.15) is 52.0 Å². The van der Waals surface area contributed by atoms with Crippen LogP contribution in [0.4, 0.5) is 13.2 Å². The number of alkyl halides is 3. The standard InChI is InChI=1S/C22H32F3N3O3S/c1-4-6-20(26-14(2)3)21(29)27-19-10-9-15-12-28(13-18(15)19)32(30,31)17-8-5-7-16(11-17)22(23,24)25/h5,7-8,11,14-15,18-20,26H,4,6,9-10,12-13H2,1-3H3,(H,27,29)/t15-,18?,19?,20?/m0/s1. The summed E-state index contributed by atoms with van der Waals surface area (Å²) in [5.41, 5.74) is -0.984. The Kier molecular flexibility index (Phi) is 7.56. The molecule has 32 heavy (non-hydrogen) atoms. The normalized spacial score (nSPS) is 25.2. The van der Waals surface area contributed by atoms with Crippen molar-refractivity contribution in [3.05, 3.63) is 29.8 Å². The zero-order chi connectivity index (χ0) is 23.7. The maximum absolute atomic E-state index is 13.0. The van der Waals surface area contributed by atoms with Gasteiger partial charge in [-0.15, -0.1) is 0 Å². The summed E-state index contributed by atoms with van der Waals surface area (Å²) in [6.07, 6.45) is -1.49. The molecule has 1 saturated carbocycles. The predicted molar refractivity (Wildman–Crippen MR) is 115 cm³/mol. The maximum atomic E-state index is 13.0. The number of rotatable bonds is 8. The second-order valence-corrected chi connectivity index (χ2v) is 11.1. The van der Waals surface area contributed by atoms with Gasteiger partial charge in [0.2, 0.25) is 15.9 Å². The van der Waals surface area contributed by atoms with Crippen LogP contribution in [0.3, 0.4) is 0 Å². The number of fused-ring (bicyclic) bond motifs is 1. The third kappa shape index (κ3) is 5.46. The Bertz CT molecular complexity index is 920. The Morgan fingerprint density at radius 1 is 1.22 bits per heavy atom. The van der Waals surface area contributed by atoms with Crippen molar-refractivity contribution >= 4 is 15.9 Å². The number of nitrogens with zero attached hydrogens (tertiary/aromatic N) is 1. The number of sulfonamides is 1. The molecule has 3 rings (SSSR count). The van der Waals surface area contributed by atoms with Gasteiger partial charge in [-0.2, -0.15) is 17.5 Å². The third-order valence-corrected chi connectivity index (χ3v) is 8.21. The highest BCUT2D eigenvalue weighted by molar-refractivity contribution is 7.89. The van der Waals surface area contributed by atoms with Gasteiger partial charge in [0.1, 0.15) is 0 Å². The molecule has 2 fully saturated rings. The molecule has 3 unspecified atom stereocenters. The Balaban J connectivity index is 1.70. The lowest BCUT2D eigenvalue weighted by Gasteiger charge is -2.26. The highest BCUT2D eigenvalue weighted by atomic mass is 32.2. The maximum Gasteiger partial charge on any atom is 0.416 e. The SMILES string of the molecule is CCCC(NC(C)C)C(=O)NC1CC[C@H]2CN(S(=O)(=O)c3cccc(C(F)(F)F)c3)CC12. The minimum absolute atomic E-state index is 0.0409. The van der Waals surface area contributed by atoms with E-state index in [2.05, 4.69) is 10.6 Å². The van der Waals surface area contributed by atoms with Gasteiger partial charge >= 0.3 is 6.18 Å². The summed E-state index contributed by atoms with van der Waals surface area (Å²) in [6.45, 7) is 6.44. The molecule has 1 amide bonds. The lowest BCUT2D eigenvalue weighted by molar-refractivity contribution is -0.137. The second kappa shape index (κ2) is 9.69. The molecule has 1 aromatic carbocycles. The molecule has 1 aliphatic heterocycles. The molecule has 6 nitrogen and oxygen atoms in total. The van der Waals surface area contributed by atoms with Crippen LogP contribution in [0.2, 0.25) is 0 Å². The van der Waals surface area contributed by atoms with Crippen molar-refractivity contribution in [2.75, 3.05) is 13.1 Å². The van der Waals surface area contributed by atoms with Crippen LogP contribution < -0.4 is 10.6 Å². The monoisotopic (exact) mass is 475 g/mol. The number of benzene rings is 1. The van der Waals surface area contributed by atoms with Gasteiger partial charge in [0.15, 0.2) is 0 Å². The number of carbonyl (C=O) groups is 1. The van der Waals surface area contributed by atoms with E-state index in [9.17, 15) is 26.4 Å². The van der Waals surface area contributed by atoms with Crippen LogP contribution in [0.15, 0.2) is 29.2 Å². The Hall–Kier alpha value is -1.65. The number of hydrogen-bond donors (Lipinski definition) is 2. The van der Waals surface area contributed by atoms with Crippen molar-refractivity contribution in [3.8, 4) is 0 Å². The summed E-state index contributed by atoms with van der Waals surface area (Å²) in [7, 11) is -4.05. The van der Waals surface area contributed by atoms with E-state index in [4.69, 9.17) is 0 Å². The first-order chi connectivity index (χ1) is 14.9. The highest BCUT2D eigenvalue weighted by Crippen LogP contribution is 2.40. The summed E-state index contributed by atoms with van der Waals surface area (Å²) < 4.78 is 66.5. The van der Waals surface area contributed by atoms with Crippen LogP contribution in [0.25, 0.3) is 0 Å². The topological polar surface area (TPSA) is 78.5 Å². The molecule has 2 aliphatic rings. The van der Waals surface area contributed by atoms with Crippen molar-refractivity contribution in [3.63, 3.8) is 0 Å². The van der Waals surface area contributed by atoms with E-state index in [1.807, 2.05) is 20.8 Å². The first-order valence-electron chi connectivity index (χ1n) is 11.2. The summed E-state index contributed by atoms with van der Waals surface area (Å²) in [5.74, 6) is -0.0326. The van der Waals surface area contributed by atoms with Gasteiger partial charge in [-0.3, -0.25) is 4.79 Å². The smallest absolute Gasteiger partial charge is 0.352 e. The van der Waals surface area contributed by atoms with Gasteiger partial charge in [0.05, 0.1) is 16.5 Å². The predicted octanol–water partition coefficient (Wildman–Crippen LogP) is 3.39. The lowest BCUT2D eigenvalue weighted by Crippen LogP contribution is -2.51. The molecule has 180 valence electrons. The fourth-order valence-electron chi connectivity index (χ4n) is 4.85. The zero-order valence-corrected chi connectivity index (χ0v) is 19.5. The van der Waals surface area contributed by atoms with Crippen molar-refractivity contribution < 1.29 is 26.4 Å². The van der Waals surface area contributed by atoms with Gasteiger partial charge in [0, 0.05) is 25.2 Å². The van der Waals surface area contributed by atoms with E-state index in [0.29, 0.717) is 12.5 Å². The molecular formula is C22H32F3N3O3S. The molecule has 1 heterocycles. The summed E-state index contributed by atoms with van der Waals surface area (Å²) in [5, 5.41) is 6.39. The first kappa shape index (κ1) is 25.0. The Morgan fingerprint density at radius 2 is 1.94 bits per heavy atom. The summed E-state index contributed by atoms with van der Waals surface area (Å²) in [6, 6.07) is 3.59. The van der Waals surface area contributed by atoms with Gasteiger partial charge in [0.25, 0.3) is 0 Å². The van der Waals surface area contributed by atoms with Crippen molar-refractivity contribution in [2.24, 2.45) is 11.8 Å². The van der Waals surface area contributed by atoms with Gasteiger partial charge in [-0.05, 0) is 49.3 Å². The largest absolute Gasteiger partial charge is 0.416 e. The molecule has 1 aromatic rings. The average Bonchev–Trinajstić information content (AvgIpc) is 3.29. The fraction of sp³-hybridized carbons (Fsp3) is 0.682. The summed E-state index contributed by atoms with van der Waals surface area (Å²) >= 11 is 0. The first-order valence-corrected chi connectivity index (χ1v) is 12.6. The zero-order valence-electron chi connectivity index (χ0n) is 18.7. The van der Waals surface area contributed by atoms with Gasteiger partial charge in [-0.25, -0.2) is 8.42 Å². The molecule has 0 spiro atoms. The number of amides is 1. The molecule has 0 aromatic heterocycles.